The highest BCUT2D eigenvalue weighted by Crippen LogP contribution is 2.18. The standard InChI is InChI=1S/C23H18N4O4/c1-15-25-20-8-4-3-7-19(20)23(29)26(15)18-12-10-16(11-13-18)22(28)24-14-17-6-2-5-9-21(17)27(30)31/h2-13H,14H2,1H3,(H,24,28). The van der Waals surface area contributed by atoms with Gasteiger partial charge in [0.1, 0.15) is 5.82 Å². The third-order valence-corrected chi connectivity index (χ3v) is 4.96. The average molecular weight is 414 g/mol. The SMILES string of the molecule is Cc1nc2ccccc2c(=O)n1-c1ccc(C(=O)NCc2ccccc2[N+](=O)[O-])cc1. The molecular weight excluding hydrogens is 396 g/mol. The second-order valence-corrected chi connectivity index (χ2v) is 6.93. The lowest BCUT2D eigenvalue weighted by Gasteiger charge is -2.11. The van der Waals surface area contributed by atoms with Crippen LogP contribution in [0.25, 0.3) is 16.6 Å². The molecule has 0 aliphatic carbocycles. The number of nitro benzene ring substituents is 1. The lowest BCUT2D eigenvalue weighted by Crippen LogP contribution is -2.24. The lowest BCUT2D eigenvalue weighted by molar-refractivity contribution is -0.385. The van der Waals surface area contributed by atoms with Crippen molar-refractivity contribution in [2.24, 2.45) is 0 Å². The predicted octanol–water partition coefficient (Wildman–Crippen LogP) is 3.53. The largest absolute Gasteiger partial charge is 0.348 e. The molecule has 0 aliphatic heterocycles. The molecule has 0 atom stereocenters. The van der Waals surface area contributed by atoms with Crippen LogP contribution >= 0.6 is 0 Å². The van der Waals surface area contributed by atoms with Gasteiger partial charge in [-0.25, -0.2) is 4.98 Å². The minimum Gasteiger partial charge on any atom is -0.348 e. The van der Waals surface area contributed by atoms with Gasteiger partial charge in [0.2, 0.25) is 0 Å². The maximum absolute atomic E-state index is 12.9. The van der Waals surface area contributed by atoms with Gasteiger partial charge in [0, 0.05) is 23.7 Å². The number of carbonyl (C=O) groups excluding carboxylic acids is 1. The Morgan fingerprint density at radius 1 is 1.03 bits per heavy atom. The average Bonchev–Trinajstić information content (AvgIpc) is 2.78. The zero-order valence-electron chi connectivity index (χ0n) is 16.6. The van der Waals surface area contributed by atoms with E-state index in [1.165, 1.54) is 10.6 Å². The Hall–Kier alpha value is -4.33. The minimum atomic E-state index is -0.478. The quantitative estimate of drug-likeness (QED) is 0.397. The number of nitrogens with one attached hydrogen (secondary N) is 1. The van der Waals surface area contributed by atoms with E-state index in [4.69, 9.17) is 0 Å². The monoisotopic (exact) mass is 414 g/mol. The normalized spacial score (nSPS) is 10.7. The molecular formula is C23H18N4O4. The van der Waals surface area contributed by atoms with E-state index >= 15 is 0 Å². The number of hydrogen-bond acceptors (Lipinski definition) is 5. The summed E-state index contributed by atoms with van der Waals surface area (Å²) in [5, 5.41) is 14.3. The fourth-order valence-electron chi connectivity index (χ4n) is 3.43. The molecule has 3 aromatic carbocycles. The van der Waals surface area contributed by atoms with E-state index in [0.29, 0.717) is 33.5 Å². The van der Waals surface area contributed by atoms with Crippen LogP contribution in [0.3, 0.4) is 0 Å². The molecule has 0 fully saturated rings. The van der Waals surface area contributed by atoms with Gasteiger partial charge >= 0.3 is 0 Å². The highest BCUT2D eigenvalue weighted by atomic mass is 16.6. The maximum atomic E-state index is 12.9. The lowest BCUT2D eigenvalue weighted by atomic mass is 10.1. The van der Waals surface area contributed by atoms with Gasteiger partial charge in [-0.1, -0.05) is 30.3 Å². The summed E-state index contributed by atoms with van der Waals surface area (Å²) in [6.45, 7) is 1.78. The van der Waals surface area contributed by atoms with Crippen LogP contribution in [0.2, 0.25) is 0 Å². The summed E-state index contributed by atoms with van der Waals surface area (Å²) in [4.78, 5) is 40.5. The molecule has 0 saturated heterocycles. The zero-order valence-corrected chi connectivity index (χ0v) is 16.6. The van der Waals surface area contributed by atoms with Crippen molar-refractivity contribution in [1.82, 2.24) is 14.9 Å². The van der Waals surface area contributed by atoms with Crippen LogP contribution in [0, 0.1) is 17.0 Å². The van der Waals surface area contributed by atoms with E-state index in [9.17, 15) is 19.7 Å². The molecule has 1 N–H and O–H groups in total. The Morgan fingerprint density at radius 3 is 2.45 bits per heavy atom. The minimum absolute atomic E-state index is 0.0326. The molecule has 0 saturated carbocycles. The molecule has 4 rings (SSSR count). The molecule has 0 spiro atoms. The molecule has 154 valence electrons. The smallest absolute Gasteiger partial charge is 0.274 e. The number of aromatic nitrogens is 2. The first-order chi connectivity index (χ1) is 15.0. The molecule has 1 heterocycles. The van der Waals surface area contributed by atoms with Gasteiger partial charge in [-0.05, 0) is 43.3 Å². The van der Waals surface area contributed by atoms with E-state index in [-0.39, 0.29) is 23.7 Å². The van der Waals surface area contributed by atoms with Gasteiger partial charge in [0.25, 0.3) is 17.2 Å². The molecule has 8 nitrogen and oxygen atoms in total. The van der Waals surface area contributed by atoms with Gasteiger partial charge in [-0.15, -0.1) is 0 Å². The molecule has 1 amide bonds. The molecule has 4 aromatic rings. The fourth-order valence-corrected chi connectivity index (χ4v) is 3.43. The highest BCUT2D eigenvalue weighted by molar-refractivity contribution is 5.94. The molecule has 0 unspecified atom stereocenters. The molecule has 0 aliphatic rings. The second kappa shape index (κ2) is 8.19. The number of carbonyl (C=O) groups is 1. The van der Waals surface area contributed by atoms with Crippen molar-refractivity contribution in [3.8, 4) is 5.69 Å². The van der Waals surface area contributed by atoms with Crippen molar-refractivity contribution < 1.29 is 9.72 Å². The fraction of sp³-hybridized carbons (Fsp3) is 0.0870. The molecule has 31 heavy (non-hydrogen) atoms. The van der Waals surface area contributed by atoms with Crippen molar-refractivity contribution >= 4 is 22.5 Å². The van der Waals surface area contributed by atoms with Crippen LogP contribution in [-0.4, -0.2) is 20.4 Å². The first kappa shape index (κ1) is 20.0. The number of benzene rings is 3. The maximum Gasteiger partial charge on any atom is 0.274 e. The summed E-state index contributed by atoms with van der Waals surface area (Å²) in [5.41, 5.74) is 1.79. The van der Waals surface area contributed by atoms with Gasteiger partial charge in [0.15, 0.2) is 0 Å². The number of fused-ring (bicyclic) bond motifs is 1. The Balaban J connectivity index is 1.57. The molecule has 0 radical (unpaired) electrons. The van der Waals surface area contributed by atoms with Crippen LogP contribution in [0.4, 0.5) is 5.69 Å². The summed E-state index contributed by atoms with van der Waals surface area (Å²) in [6.07, 6.45) is 0. The summed E-state index contributed by atoms with van der Waals surface area (Å²) >= 11 is 0. The van der Waals surface area contributed by atoms with E-state index in [2.05, 4.69) is 10.3 Å². The number of nitrogens with zero attached hydrogens (tertiary/aromatic N) is 3. The number of rotatable bonds is 5. The zero-order chi connectivity index (χ0) is 22.0. The van der Waals surface area contributed by atoms with Crippen LogP contribution in [-0.2, 0) is 6.54 Å². The molecule has 1 aromatic heterocycles. The van der Waals surface area contributed by atoms with E-state index < -0.39 is 4.92 Å². The van der Waals surface area contributed by atoms with Crippen LogP contribution in [0.5, 0.6) is 0 Å². The summed E-state index contributed by atoms with van der Waals surface area (Å²) in [7, 11) is 0. The van der Waals surface area contributed by atoms with Crippen molar-refractivity contribution in [2.75, 3.05) is 0 Å². The topological polar surface area (TPSA) is 107 Å². The third kappa shape index (κ3) is 3.91. The number of hydrogen-bond donors (Lipinski definition) is 1. The van der Waals surface area contributed by atoms with Crippen LogP contribution in [0.1, 0.15) is 21.7 Å². The number of aryl methyl sites for hydroxylation is 1. The number of amides is 1. The Kier molecular flexibility index (Phi) is 5.28. The summed E-state index contributed by atoms with van der Waals surface area (Å²) in [6, 6.07) is 19.9. The van der Waals surface area contributed by atoms with Gasteiger partial charge in [-0.2, -0.15) is 0 Å². The molecule has 8 heteroatoms. The van der Waals surface area contributed by atoms with Gasteiger partial charge in [0.05, 0.1) is 21.5 Å². The number of nitro groups is 1. The Morgan fingerprint density at radius 2 is 1.71 bits per heavy atom. The summed E-state index contributed by atoms with van der Waals surface area (Å²) in [5.74, 6) is 0.169. The van der Waals surface area contributed by atoms with Gasteiger partial charge in [-0.3, -0.25) is 24.3 Å². The van der Waals surface area contributed by atoms with Gasteiger partial charge < -0.3 is 5.32 Å². The molecule has 0 bridgehead atoms. The predicted molar refractivity (Wildman–Crippen MR) is 116 cm³/mol. The Labute approximate surface area is 176 Å². The van der Waals surface area contributed by atoms with E-state index in [0.717, 1.165) is 0 Å². The van der Waals surface area contributed by atoms with Crippen molar-refractivity contribution in [3.63, 3.8) is 0 Å². The Bertz CT molecular complexity index is 1360. The third-order valence-electron chi connectivity index (χ3n) is 4.96. The second-order valence-electron chi connectivity index (χ2n) is 6.93. The van der Waals surface area contributed by atoms with Crippen LogP contribution < -0.4 is 10.9 Å². The van der Waals surface area contributed by atoms with Crippen LogP contribution in [0.15, 0.2) is 77.6 Å². The van der Waals surface area contributed by atoms with Crippen molar-refractivity contribution in [1.29, 1.82) is 0 Å². The van der Waals surface area contributed by atoms with Crippen molar-refractivity contribution in [2.45, 2.75) is 13.5 Å². The summed E-state index contributed by atoms with van der Waals surface area (Å²) < 4.78 is 1.50. The van der Waals surface area contributed by atoms with E-state index in [1.807, 2.05) is 6.07 Å². The first-order valence-corrected chi connectivity index (χ1v) is 9.55. The van der Waals surface area contributed by atoms with Crippen molar-refractivity contribution in [3.05, 3.63) is 110 Å². The number of para-hydroxylation sites is 2. The van der Waals surface area contributed by atoms with E-state index in [1.54, 1.807) is 67.6 Å². The highest BCUT2D eigenvalue weighted by Gasteiger charge is 2.14. The first-order valence-electron chi connectivity index (χ1n) is 9.55.